The summed E-state index contributed by atoms with van der Waals surface area (Å²) in [6.07, 6.45) is 6.84. The molecule has 6 rings (SSSR count). The van der Waals surface area contributed by atoms with E-state index in [2.05, 4.69) is 36.1 Å². The zero-order chi connectivity index (χ0) is 23.9. The molecule has 0 saturated carbocycles. The van der Waals surface area contributed by atoms with Crippen LogP contribution in [0, 0.1) is 5.82 Å². The van der Waals surface area contributed by atoms with Crippen molar-refractivity contribution >= 4 is 17.4 Å². The first kappa shape index (κ1) is 21.2. The Morgan fingerprint density at radius 2 is 2.03 bits per heavy atom. The van der Waals surface area contributed by atoms with Crippen molar-refractivity contribution in [2.75, 3.05) is 5.32 Å². The standard InChI is InChI=1S/C25H23FN8O/c1-33-22(8-10-28-33)30-25-27-9-7-20(29-25)17-13-18-4-2-3-16(24-32-31-23(14-17)34(18)24)11-15-5-6-21(35)19(26)12-15/h5-10,12-14,16,35H,2-4,11H2,1H3,(H,27,29,30). The predicted octanol–water partition coefficient (Wildman–Crippen LogP) is 4.17. The first-order valence-corrected chi connectivity index (χ1v) is 11.5. The van der Waals surface area contributed by atoms with Gasteiger partial charge in [-0.3, -0.25) is 9.08 Å². The Hall–Kier alpha value is -4.34. The monoisotopic (exact) mass is 470 g/mol. The molecule has 0 aliphatic carbocycles. The molecule has 35 heavy (non-hydrogen) atoms. The van der Waals surface area contributed by atoms with Gasteiger partial charge >= 0.3 is 0 Å². The molecular formula is C25H23FN8O. The Morgan fingerprint density at radius 1 is 1.11 bits per heavy atom. The van der Waals surface area contributed by atoms with E-state index in [1.54, 1.807) is 23.1 Å². The van der Waals surface area contributed by atoms with Crippen molar-refractivity contribution in [2.24, 2.45) is 7.05 Å². The van der Waals surface area contributed by atoms with E-state index in [1.165, 1.54) is 12.1 Å². The van der Waals surface area contributed by atoms with Crippen LogP contribution >= 0.6 is 0 Å². The van der Waals surface area contributed by atoms with Gasteiger partial charge in [0.25, 0.3) is 0 Å². The molecule has 1 aromatic carbocycles. The number of pyridine rings is 1. The first-order valence-electron chi connectivity index (χ1n) is 11.5. The molecule has 5 aromatic rings. The summed E-state index contributed by atoms with van der Waals surface area (Å²) in [6, 6.07) is 12.4. The summed E-state index contributed by atoms with van der Waals surface area (Å²) in [5.74, 6) is 1.34. The summed E-state index contributed by atoms with van der Waals surface area (Å²) in [5.41, 5.74) is 4.44. The first-order chi connectivity index (χ1) is 17.0. The number of aryl methyl sites for hydroxylation is 2. The minimum Gasteiger partial charge on any atom is -0.505 e. The second-order valence-corrected chi connectivity index (χ2v) is 8.80. The van der Waals surface area contributed by atoms with Crippen LogP contribution in [0.3, 0.4) is 0 Å². The lowest BCUT2D eigenvalue weighted by molar-refractivity contribution is 0.431. The summed E-state index contributed by atoms with van der Waals surface area (Å²) in [6.45, 7) is 0. The zero-order valence-corrected chi connectivity index (χ0v) is 19.1. The van der Waals surface area contributed by atoms with E-state index in [0.717, 1.165) is 59.1 Å². The fraction of sp³-hybridized carbons (Fsp3) is 0.240. The van der Waals surface area contributed by atoms with Gasteiger partial charge in [-0.05, 0) is 61.6 Å². The van der Waals surface area contributed by atoms with Crippen molar-refractivity contribution in [3.05, 3.63) is 77.8 Å². The van der Waals surface area contributed by atoms with Crippen LogP contribution in [0.5, 0.6) is 5.75 Å². The number of rotatable bonds is 5. The number of hydrogen-bond donors (Lipinski definition) is 2. The number of benzene rings is 1. The lowest BCUT2D eigenvalue weighted by atomic mass is 9.94. The molecule has 0 radical (unpaired) electrons. The molecule has 1 aliphatic rings. The number of aromatic hydroxyl groups is 1. The number of halogens is 1. The van der Waals surface area contributed by atoms with Gasteiger partial charge in [0.1, 0.15) is 11.6 Å². The number of phenols is 1. The van der Waals surface area contributed by atoms with Crippen LogP contribution in [-0.4, -0.2) is 39.5 Å². The molecule has 0 spiro atoms. The van der Waals surface area contributed by atoms with Gasteiger partial charge in [0.05, 0.1) is 11.9 Å². The van der Waals surface area contributed by atoms with Crippen molar-refractivity contribution in [3.63, 3.8) is 0 Å². The molecule has 176 valence electrons. The van der Waals surface area contributed by atoms with Gasteiger partial charge in [0.15, 0.2) is 17.2 Å². The predicted molar refractivity (Wildman–Crippen MR) is 128 cm³/mol. The lowest BCUT2D eigenvalue weighted by Crippen LogP contribution is -2.07. The van der Waals surface area contributed by atoms with E-state index in [4.69, 9.17) is 4.98 Å². The number of nitrogens with zero attached hydrogens (tertiary/aromatic N) is 7. The smallest absolute Gasteiger partial charge is 0.228 e. The Kier molecular flexibility index (Phi) is 5.13. The number of nitrogens with one attached hydrogen (secondary N) is 1. The van der Waals surface area contributed by atoms with Crippen molar-refractivity contribution < 1.29 is 9.50 Å². The highest BCUT2D eigenvalue weighted by atomic mass is 19.1. The Morgan fingerprint density at radius 3 is 2.86 bits per heavy atom. The van der Waals surface area contributed by atoms with Gasteiger partial charge in [-0.2, -0.15) is 5.10 Å². The van der Waals surface area contributed by atoms with Crippen molar-refractivity contribution in [1.29, 1.82) is 0 Å². The van der Waals surface area contributed by atoms with Gasteiger partial charge in [-0.25, -0.2) is 14.4 Å². The maximum absolute atomic E-state index is 13.9. The zero-order valence-electron chi connectivity index (χ0n) is 19.1. The van der Waals surface area contributed by atoms with Gasteiger partial charge < -0.3 is 10.4 Å². The van der Waals surface area contributed by atoms with Crippen LogP contribution in [0.2, 0.25) is 0 Å². The van der Waals surface area contributed by atoms with E-state index in [-0.39, 0.29) is 11.7 Å². The van der Waals surface area contributed by atoms with E-state index < -0.39 is 5.82 Å². The third-order valence-electron chi connectivity index (χ3n) is 6.46. The molecule has 5 heterocycles. The van der Waals surface area contributed by atoms with Gasteiger partial charge in [0, 0.05) is 36.5 Å². The second kappa shape index (κ2) is 8.46. The molecule has 1 atom stereocenters. The molecule has 2 N–H and O–H groups in total. The fourth-order valence-electron chi connectivity index (χ4n) is 4.72. The number of phenolic OH excluding ortho intramolecular Hbond substituents is 1. The SMILES string of the molecule is Cn1nccc1Nc1nccc(-c2cc3n4c(nnc4c2)C(Cc2ccc(O)c(F)c2)CCC3)n1. The molecule has 0 fully saturated rings. The highest BCUT2D eigenvalue weighted by Gasteiger charge is 2.24. The van der Waals surface area contributed by atoms with E-state index in [1.807, 2.05) is 25.2 Å². The minimum atomic E-state index is -0.602. The van der Waals surface area contributed by atoms with Crippen LogP contribution in [0.15, 0.2) is 54.9 Å². The van der Waals surface area contributed by atoms with Crippen LogP contribution < -0.4 is 5.32 Å². The summed E-state index contributed by atoms with van der Waals surface area (Å²) >= 11 is 0. The molecule has 1 aliphatic heterocycles. The molecule has 0 amide bonds. The van der Waals surface area contributed by atoms with Crippen LogP contribution in [0.25, 0.3) is 16.9 Å². The lowest BCUT2D eigenvalue weighted by Gasteiger charge is -2.14. The van der Waals surface area contributed by atoms with Crippen LogP contribution in [-0.2, 0) is 19.9 Å². The third kappa shape index (κ3) is 3.96. The van der Waals surface area contributed by atoms with Gasteiger partial charge in [0.2, 0.25) is 5.95 Å². The Balaban J connectivity index is 1.34. The van der Waals surface area contributed by atoms with Crippen molar-refractivity contribution in [2.45, 2.75) is 31.6 Å². The molecule has 9 nitrogen and oxygen atoms in total. The number of anilines is 2. The topological polar surface area (TPSA) is 106 Å². The summed E-state index contributed by atoms with van der Waals surface area (Å²) in [4.78, 5) is 9.04. The minimum absolute atomic E-state index is 0.106. The van der Waals surface area contributed by atoms with E-state index in [0.29, 0.717) is 12.4 Å². The third-order valence-corrected chi connectivity index (χ3v) is 6.46. The molecule has 10 heteroatoms. The molecular weight excluding hydrogens is 447 g/mol. The molecule has 0 bridgehead atoms. The van der Waals surface area contributed by atoms with Crippen molar-refractivity contribution in [3.8, 4) is 17.0 Å². The van der Waals surface area contributed by atoms with Gasteiger partial charge in [-0.15, -0.1) is 10.2 Å². The Labute approximate surface area is 200 Å². The quantitative estimate of drug-likeness (QED) is 0.397. The maximum Gasteiger partial charge on any atom is 0.228 e. The fourth-order valence-corrected chi connectivity index (χ4v) is 4.72. The highest BCUT2D eigenvalue weighted by Crippen LogP contribution is 2.33. The second-order valence-electron chi connectivity index (χ2n) is 8.80. The molecule has 4 aromatic heterocycles. The average molecular weight is 471 g/mol. The normalized spacial score (nSPS) is 15.3. The summed E-state index contributed by atoms with van der Waals surface area (Å²) in [7, 11) is 1.85. The van der Waals surface area contributed by atoms with E-state index >= 15 is 0 Å². The summed E-state index contributed by atoms with van der Waals surface area (Å²) in [5, 5.41) is 25.9. The van der Waals surface area contributed by atoms with E-state index in [9.17, 15) is 9.50 Å². The summed E-state index contributed by atoms with van der Waals surface area (Å²) < 4.78 is 17.7. The van der Waals surface area contributed by atoms with Crippen LogP contribution in [0.1, 0.15) is 35.8 Å². The average Bonchev–Trinajstić information content (AvgIpc) is 3.42. The molecule has 1 unspecified atom stereocenters. The Bertz CT molecular complexity index is 1540. The van der Waals surface area contributed by atoms with Gasteiger partial charge in [-0.1, -0.05) is 6.07 Å². The largest absolute Gasteiger partial charge is 0.505 e. The molecule has 0 saturated heterocycles. The number of hydrogen-bond acceptors (Lipinski definition) is 7. The highest BCUT2D eigenvalue weighted by molar-refractivity contribution is 5.66. The van der Waals surface area contributed by atoms with Crippen molar-refractivity contribution in [1.82, 2.24) is 34.3 Å². The number of aromatic nitrogens is 7. The maximum atomic E-state index is 13.9. The van der Waals surface area contributed by atoms with Crippen LogP contribution in [0.4, 0.5) is 16.2 Å².